The van der Waals surface area contributed by atoms with Gasteiger partial charge in [0.1, 0.15) is 6.07 Å². The molecule has 2 aromatic heterocycles. The Labute approximate surface area is 428 Å². The summed E-state index contributed by atoms with van der Waals surface area (Å²) in [6.07, 6.45) is 0. The maximum absolute atomic E-state index is 11.7. The molecule has 342 valence electrons. The molecule has 0 N–H and O–H groups in total. The third-order valence-electron chi connectivity index (χ3n) is 16.3. The Hall–Kier alpha value is -10.0. The van der Waals surface area contributed by atoms with Crippen LogP contribution in [-0.2, 0) is 10.8 Å². The number of nitrogens with zero attached hydrogens (tertiary/aromatic N) is 4. The number of benzene rings is 11. The van der Waals surface area contributed by atoms with Crippen LogP contribution in [0.5, 0.6) is 0 Å². The van der Waals surface area contributed by atoms with Crippen LogP contribution in [0.4, 0.5) is 0 Å². The van der Waals surface area contributed by atoms with Gasteiger partial charge in [0.2, 0.25) is 0 Å². The Morgan fingerprint density at radius 2 is 0.716 bits per heavy atom. The maximum Gasteiger partial charge on any atom is 0.101 e. The van der Waals surface area contributed by atoms with E-state index in [0.717, 1.165) is 71.6 Å². The standard InChI is InChI=1S/C70H42N4/c71-43-45-41-46(44-72)66(74-62-36-20-16-30-52(62)54-38-40-60-65(68(54)74)56-32-14-18-34-58(56)70(60,49-25-9-3-10-26-49)50-27-11-4-12-28-50)63(42-45)73-61-35-19-15-29-51(61)53-37-39-59-64(67(53)73)55-31-13-17-33-57(55)69(59,47-21-5-1-6-22-47)48-23-7-2-8-24-48/h1-42H. The lowest BCUT2D eigenvalue weighted by atomic mass is 9.67. The smallest absolute Gasteiger partial charge is 0.101 e. The van der Waals surface area contributed by atoms with Gasteiger partial charge < -0.3 is 9.13 Å². The average Bonchev–Trinajstić information content (AvgIpc) is 4.33. The zero-order valence-corrected chi connectivity index (χ0v) is 40.0. The SMILES string of the molecule is N#Cc1cc(C#N)c(-n2c3ccccc3c3ccc4c(c32)-c2ccccc2C4(c2ccccc2)c2ccccc2)c(-n2c3ccccc3c3ccc4c(c32)-c2ccccc2C4(c2ccccc2)c2ccccc2)c1. The second kappa shape index (κ2) is 15.7. The highest BCUT2D eigenvalue weighted by atomic mass is 15.1. The minimum absolute atomic E-state index is 0.407. The van der Waals surface area contributed by atoms with Crippen LogP contribution in [0.25, 0.3) is 77.2 Å². The predicted octanol–water partition coefficient (Wildman–Crippen LogP) is 16.4. The summed E-state index contributed by atoms with van der Waals surface area (Å²) in [6.45, 7) is 0. The second-order valence-corrected chi connectivity index (χ2v) is 19.6. The lowest BCUT2D eigenvalue weighted by Crippen LogP contribution is -2.28. The zero-order chi connectivity index (χ0) is 49.1. The average molecular weight is 939 g/mol. The van der Waals surface area contributed by atoms with E-state index in [9.17, 15) is 10.5 Å². The van der Waals surface area contributed by atoms with Crippen molar-refractivity contribution >= 4 is 43.6 Å². The van der Waals surface area contributed by atoms with Crippen LogP contribution in [0.3, 0.4) is 0 Å². The fourth-order valence-corrected chi connectivity index (χ4v) is 13.6. The highest BCUT2D eigenvalue weighted by Gasteiger charge is 2.49. The van der Waals surface area contributed by atoms with Crippen LogP contribution in [0.15, 0.2) is 255 Å². The van der Waals surface area contributed by atoms with Gasteiger partial charge in [-0.25, -0.2) is 0 Å². The van der Waals surface area contributed by atoms with Crippen molar-refractivity contribution in [3.05, 3.63) is 310 Å². The first-order valence-electron chi connectivity index (χ1n) is 25.2. The molecule has 2 aliphatic carbocycles. The lowest BCUT2D eigenvalue weighted by Gasteiger charge is -2.34. The number of fused-ring (bicyclic) bond motifs is 14. The number of para-hydroxylation sites is 2. The number of hydrogen-bond donors (Lipinski definition) is 0. The van der Waals surface area contributed by atoms with E-state index >= 15 is 0 Å². The Morgan fingerprint density at radius 1 is 0.324 bits per heavy atom. The molecule has 15 rings (SSSR count). The van der Waals surface area contributed by atoms with Crippen LogP contribution in [0.1, 0.15) is 55.6 Å². The summed E-state index contributed by atoms with van der Waals surface area (Å²) in [5.74, 6) is 0. The van der Waals surface area contributed by atoms with E-state index in [1.165, 1.54) is 44.5 Å². The van der Waals surface area contributed by atoms with Crippen LogP contribution in [0.2, 0.25) is 0 Å². The van der Waals surface area contributed by atoms with Gasteiger partial charge in [-0.3, -0.25) is 0 Å². The van der Waals surface area contributed by atoms with Crippen LogP contribution >= 0.6 is 0 Å². The molecule has 4 nitrogen and oxygen atoms in total. The first kappa shape index (κ1) is 41.8. The third-order valence-corrected chi connectivity index (χ3v) is 16.3. The summed E-state index contributed by atoms with van der Waals surface area (Å²) in [6, 6.07) is 96.8. The van der Waals surface area contributed by atoms with Gasteiger partial charge in [0.25, 0.3) is 0 Å². The molecule has 0 saturated carbocycles. The summed E-state index contributed by atoms with van der Waals surface area (Å²) < 4.78 is 4.73. The van der Waals surface area contributed by atoms with E-state index in [1.807, 2.05) is 6.07 Å². The molecule has 74 heavy (non-hydrogen) atoms. The Morgan fingerprint density at radius 3 is 1.16 bits per heavy atom. The fraction of sp³-hybridized carbons (Fsp3) is 0.0286. The van der Waals surface area contributed by atoms with Gasteiger partial charge in [0, 0.05) is 32.7 Å². The highest BCUT2D eigenvalue weighted by molar-refractivity contribution is 6.19. The van der Waals surface area contributed by atoms with Crippen molar-refractivity contribution < 1.29 is 0 Å². The number of rotatable bonds is 6. The van der Waals surface area contributed by atoms with Crippen molar-refractivity contribution in [3.8, 4) is 45.8 Å². The van der Waals surface area contributed by atoms with Crippen molar-refractivity contribution in [3.63, 3.8) is 0 Å². The van der Waals surface area contributed by atoms with Gasteiger partial charge in [-0.15, -0.1) is 0 Å². The zero-order valence-electron chi connectivity index (χ0n) is 40.0. The van der Waals surface area contributed by atoms with Gasteiger partial charge in [0.15, 0.2) is 0 Å². The monoisotopic (exact) mass is 938 g/mol. The highest BCUT2D eigenvalue weighted by Crippen LogP contribution is 2.61. The molecule has 0 saturated heterocycles. The number of aromatic nitrogens is 2. The molecule has 11 aromatic carbocycles. The minimum Gasteiger partial charge on any atom is -0.306 e. The predicted molar refractivity (Wildman–Crippen MR) is 299 cm³/mol. The van der Waals surface area contributed by atoms with Crippen LogP contribution in [0, 0.1) is 22.7 Å². The molecule has 2 aliphatic rings. The molecule has 0 unspecified atom stereocenters. The molecular formula is C70H42N4. The minimum atomic E-state index is -0.653. The number of hydrogen-bond acceptors (Lipinski definition) is 2. The molecule has 0 spiro atoms. The number of nitriles is 2. The molecule has 0 atom stereocenters. The first-order chi connectivity index (χ1) is 36.7. The van der Waals surface area contributed by atoms with E-state index in [4.69, 9.17) is 0 Å². The van der Waals surface area contributed by atoms with Crippen LogP contribution in [-0.4, -0.2) is 9.13 Å². The molecule has 4 heteroatoms. The van der Waals surface area contributed by atoms with Crippen molar-refractivity contribution in [1.29, 1.82) is 10.5 Å². The van der Waals surface area contributed by atoms with Gasteiger partial charge in [0.05, 0.1) is 61.5 Å². The molecule has 0 bridgehead atoms. The molecule has 0 radical (unpaired) electrons. The molecule has 0 amide bonds. The van der Waals surface area contributed by atoms with E-state index in [0.29, 0.717) is 16.8 Å². The molecule has 2 heterocycles. The largest absolute Gasteiger partial charge is 0.306 e. The van der Waals surface area contributed by atoms with Gasteiger partial charge in [-0.05, 0) is 79.9 Å². The van der Waals surface area contributed by atoms with Crippen molar-refractivity contribution in [2.75, 3.05) is 0 Å². The van der Waals surface area contributed by atoms with Crippen molar-refractivity contribution in [2.24, 2.45) is 0 Å². The van der Waals surface area contributed by atoms with Gasteiger partial charge in [-0.1, -0.05) is 231 Å². The quantitative estimate of drug-likeness (QED) is 0.167. The summed E-state index contributed by atoms with van der Waals surface area (Å²) >= 11 is 0. The van der Waals surface area contributed by atoms with Crippen molar-refractivity contribution in [1.82, 2.24) is 9.13 Å². The van der Waals surface area contributed by atoms with Gasteiger partial charge >= 0.3 is 0 Å². The van der Waals surface area contributed by atoms with E-state index in [2.05, 4.69) is 264 Å². The Balaban J connectivity index is 1.14. The second-order valence-electron chi connectivity index (χ2n) is 19.6. The topological polar surface area (TPSA) is 57.4 Å². The lowest BCUT2D eigenvalue weighted by molar-refractivity contribution is 0.769. The van der Waals surface area contributed by atoms with Crippen LogP contribution < -0.4 is 0 Å². The summed E-state index contributed by atoms with van der Waals surface area (Å²) in [7, 11) is 0. The maximum atomic E-state index is 11.7. The Kier molecular flexibility index (Phi) is 8.89. The molecule has 0 fully saturated rings. The van der Waals surface area contributed by atoms with Gasteiger partial charge in [-0.2, -0.15) is 10.5 Å². The summed E-state index contributed by atoms with van der Waals surface area (Å²) in [5.41, 5.74) is 19.0. The molecule has 0 aliphatic heterocycles. The normalized spacial score (nSPS) is 13.6. The first-order valence-corrected chi connectivity index (χ1v) is 25.2. The summed E-state index contributed by atoms with van der Waals surface area (Å²) in [4.78, 5) is 0. The van der Waals surface area contributed by atoms with E-state index in [-0.39, 0.29) is 0 Å². The van der Waals surface area contributed by atoms with E-state index < -0.39 is 10.8 Å². The molecule has 13 aromatic rings. The summed E-state index contributed by atoms with van der Waals surface area (Å²) in [5, 5.41) is 27.0. The van der Waals surface area contributed by atoms with E-state index in [1.54, 1.807) is 6.07 Å². The third kappa shape index (κ3) is 5.33. The Bertz CT molecular complexity index is 4470. The fourth-order valence-electron chi connectivity index (χ4n) is 13.6. The molecular weight excluding hydrogens is 897 g/mol. The van der Waals surface area contributed by atoms with Crippen molar-refractivity contribution in [2.45, 2.75) is 10.8 Å².